The third kappa shape index (κ3) is 5.27. The zero-order chi connectivity index (χ0) is 16.2. The number of benzene rings is 1. The standard InChI is InChI=1S/C18H29NO3/c1-14(2)22-16-7-5-15(6-8-16)11-19-13-18(20)9-10-21-17(3,4)12-18/h5-8,14,19-20H,9-13H2,1-4H3/t18-/m0/s1. The van der Waals surface area contributed by atoms with Crippen LogP contribution in [0.4, 0.5) is 0 Å². The number of aliphatic hydroxyl groups is 1. The molecule has 0 unspecified atom stereocenters. The molecule has 2 rings (SSSR count). The highest BCUT2D eigenvalue weighted by Crippen LogP contribution is 2.31. The molecule has 0 bridgehead atoms. The Hall–Kier alpha value is -1.10. The van der Waals surface area contributed by atoms with Gasteiger partial charge in [-0.2, -0.15) is 0 Å². The van der Waals surface area contributed by atoms with Crippen LogP contribution in [0.15, 0.2) is 24.3 Å². The Labute approximate surface area is 133 Å². The molecule has 1 saturated heterocycles. The zero-order valence-electron chi connectivity index (χ0n) is 14.2. The van der Waals surface area contributed by atoms with Crippen molar-refractivity contribution in [1.29, 1.82) is 0 Å². The van der Waals surface area contributed by atoms with E-state index in [0.29, 0.717) is 26.0 Å². The molecule has 1 heterocycles. The highest BCUT2D eigenvalue weighted by molar-refractivity contribution is 5.27. The number of ether oxygens (including phenoxy) is 2. The Bertz CT molecular complexity index is 470. The lowest BCUT2D eigenvalue weighted by atomic mass is 9.84. The van der Waals surface area contributed by atoms with Crippen molar-refractivity contribution in [3.63, 3.8) is 0 Å². The number of rotatable bonds is 6. The van der Waals surface area contributed by atoms with E-state index in [1.165, 1.54) is 5.56 Å². The summed E-state index contributed by atoms with van der Waals surface area (Å²) in [6.07, 6.45) is 1.54. The SMILES string of the molecule is CC(C)Oc1ccc(CNC[C@]2(O)CCOC(C)(C)C2)cc1. The maximum absolute atomic E-state index is 10.7. The van der Waals surface area contributed by atoms with E-state index in [2.05, 4.69) is 17.4 Å². The topological polar surface area (TPSA) is 50.7 Å². The molecular weight excluding hydrogens is 278 g/mol. The van der Waals surface area contributed by atoms with E-state index in [1.54, 1.807) is 0 Å². The van der Waals surface area contributed by atoms with Crippen LogP contribution in [0.1, 0.15) is 46.1 Å². The molecule has 0 amide bonds. The number of hydrogen-bond donors (Lipinski definition) is 2. The number of nitrogens with one attached hydrogen (secondary N) is 1. The molecular formula is C18H29NO3. The van der Waals surface area contributed by atoms with E-state index in [1.807, 2.05) is 39.8 Å². The van der Waals surface area contributed by atoms with Crippen molar-refractivity contribution in [2.24, 2.45) is 0 Å². The molecule has 4 heteroatoms. The van der Waals surface area contributed by atoms with Crippen LogP contribution < -0.4 is 10.1 Å². The Morgan fingerprint density at radius 2 is 1.95 bits per heavy atom. The molecule has 0 aromatic heterocycles. The third-order valence-electron chi connectivity index (χ3n) is 3.89. The van der Waals surface area contributed by atoms with E-state index >= 15 is 0 Å². The van der Waals surface area contributed by atoms with Crippen molar-refractivity contribution < 1.29 is 14.6 Å². The fourth-order valence-corrected chi connectivity index (χ4v) is 3.00. The highest BCUT2D eigenvalue weighted by Gasteiger charge is 2.38. The van der Waals surface area contributed by atoms with Gasteiger partial charge in [0.15, 0.2) is 0 Å². The van der Waals surface area contributed by atoms with Gasteiger partial charge in [-0.05, 0) is 45.4 Å². The third-order valence-corrected chi connectivity index (χ3v) is 3.89. The van der Waals surface area contributed by atoms with Crippen LogP contribution in [0.25, 0.3) is 0 Å². The van der Waals surface area contributed by atoms with Crippen molar-refractivity contribution in [3.8, 4) is 5.75 Å². The molecule has 22 heavy (non-hydrogen) atoms. The molecule has 0 saturated carbocycles. The summed E-state index contributed by atoms with van der Waals surface area (Å²) >= 11 is 0. The first-order chi connectivity index (χ1) is 10.3. The lowest BCUT2D eigenvalue weighted by Crippen LogP contribution is -2.51. The van der Waals surface area contributed by atoms with Gasteiger partial charge in [0, 0.05) is 25.9 Å². The monoisotopic (exact) mass is 307 g/mol. The molecule has 1 atom stereocenters. The van der Waals surface area contributed by atoms with Crippen molar-refractivity contribution in [2.75, 3.05) is 13.2 Å². The summed E-state index contributed by atoms with van der Waals surface area (Å²) in [4.78, 5) is 0. The average Bonchev–Trinajstić information content (AvgIpc) is 2.38. The van der Waals surface area contributed by atoms with Crippen LogP contribution in [-0.2, 0) is 11.3 Å². The largest absolute Gasteiger partial charge is 0.491 e. The second kappa shape index (κ2) is 6.99. The summed E-state index contributed by atoms with van der Waals surface area (Å²) < 4.78 is 11.3. The van der Waals surface area contributed by atoms with Crippen molar-refractivity contribution in [3.05, 3.63) is 29.8 Å². The normalized spacial score (nSPS) is 24.5. The van der Waals surface area contributed by atoms with Crippen LogP contribution in [-0.4, -0.2) is 35.6 Å². The van der Waals surface area contributed by atoms with Gasteiger partial charge in [0.2, 0.25) is 0 Å². The first-order valence-electron chi connectivity index (χ1n) is 8.11. The van der Waals surface area contributed by atoms with Gasteiger partial charge in [0.05, 0.1) is 23.9 Å². The first kappa shape index (κ1) is 17.3. The summed E-state index contributed by atoms with van der Waals surface area (Å²) in [5.41, 5.74) is 0.262. The van der Waals surface area contributed by atoms with Crippen LogP contribution >= 0.6 is 0 Å². The van der Waals surface area contributed by atoms with Gasteiger partial charge in [0.25, 0.3) is 0 Å². The molecule has 124 valence electrons. The first-order valence-corrected chi connectivity index (χ1v) is 8.11. The minimum Gasteiger partial charge on any atom is -0.491 e. The Morgan fingerprint density at radius 1 is 1.27 bits per heavy atom. The van der Waals surface area contributed by atoms with Crippen molar-refractivity contribution >= 4 is 0 Å². The van der Waals surface area contributed by atoms with Crippen LogP contribution in [0.3, 0.4) is 0 Å². The van der Waals surface area contributed by atoms with Crippen LogP contribution in [0, 0.1) is 0 Å². The molecule has 0 spiro atoms. The zero-order valence-corrected chi connectivity index (χ0v) is 14.2. The summed E-state index contributed by atoms with van der Waals surface area (Å²) in [7, 11) is 0. The highest BCUT2D eigenvalue weighted by atomic mass is 16.5. The Morgan fingerprint density at radius 3 is 2.55 bits per heavy atom. The van der Waals surface area contributed by atoms with E-state index < -0.39 is 5.60 Å². The lowest BCUT2D eigenvalue weighted by Gasteiger charge is -2.41. The molecule has 1 aliphatic rings. The fourth-order valence-electron chi connectivity index (χ4n) is 3.00. The molecule has 1 aromatic carbocycles. The van der Waals surface area contributed by atoms with Gasteiger partial charge in [-0.3, -0.25) is 0 Å². The predicted molar refractivity (Wildman–Crippen MR) is 88.1 cm³/mol. The molecule has 0 radical (unpaired) electrons. The van der Waals surface area contributed by atoms with Gasteiger partial charge in [-0.15, -0.1) is 0 Å². The molecule has 2 N–H and O–H groups in total. The Kier molecular flexibility index (Phi) is 5.48. The summed E-state index contributed by atoms with van der Waals surface area (Å²) in [5.74, 6) is 0.892. The average molecular weight is 307 g/mol. The van der Waals surface area contributed by atoms with Gasteiger partial charge in [-0.1, -0.05) is 12.1 Å². The fraction of sp³-hybridized carbons (Fsp3) is 0.667. The predicted octanol–water partition coefficient (Wildman–Crippen LogP) is 2.88. The van der Waals surface area contributed by atoms with Crippen LogP contribution in [0.5, 0.6) is 5.75 Å². The summed E-state index contributed by atoms with van der Waals surface area (Å²) in [6.45, 7) is 10.0. The molecule has 1 fully saturated rings. The minimum atomic E-state index is -0.678. The van der Waals surface area contributed by atoms with E-state index in [-0.39, 0.29) is 11.7 Å². The second-order valence-corrected chi connectivity index (χ2v) is 7.17. The second-order valence-electron chi connectivity index (χ2n) is 7.17. The van der Waals surface area contributed by atoms with Gasteiger partial charge in [0.1, 0.15) is 5.75 Å². The molecule has 4 nitrogen and oxygen atoms in total. The molecule has 0 aliphatic carbocycles. The maximum Gasteiger partial charge on any atom is 0.119 e. The lowest BCUT2D eigenvalue weighted by molar-refractivity contribution is -0.142. The van der Waals surface area contributed by atoms with Crippen LogP contribution in [0.2, 0.25) is 0 Å². The molecule has 1 aromatic rings. The van der Waals surface area contributed by atoms with Crippen molar-refractivity contribution in [2.45, 2.75) is 64.4 Å². The Balaban J connectivity index is 1.80. The summed E-state index contributed by atoms with van der Waals surface area (Å²) in [5, 5.41) is 14.0. The van der Waals surface area contributed by atoms with Crippen molar-refractivity contribution in [1.82, 2.24) is 5.32 Å². The maximum atomic E-state index is 10.7. The number of hydrogen-bond acceptors (Lipinski definition) is 4. The molecule has 1 aliphatic heterocycles. The van der Waals surface area contributed by atoms with E-state index in [4.69, 9.17) is 9.47 Å². The minimum absolute atomic E-state index is 0.190. The van der Waals surface area contributed by atoms with Gasteiger partial charge in [-0.25, -0.2) is 0 Å². The van der Waals surface area contributed by atoms with E-state index in [9.17, 15) is 5.11 Å². The van der Waals surface area contributed by atoms with Gasteiger partial charge >= 0.3 is 0 Å². The van der Waals surface area contributed by atoms with E-state index in [0.717, 1.165) is 12.3 Å². The van der Waals surface area contributed by atoms with Gasteiger partial charge < -0.3 is 19.9 Å². The smallest absolute Gasteiger partial charge is 0.119 e. The quantitative estimate of drug-likeness (QED) is 0.848. The summed E-state index contributed by atoms with van der Waals surface area (Å²) in [6, 6.07) is 8.10.